The van der Waals surface area contributed by atoms with Gasteiger partial charge in [-0.1, -0.05) is 37.1 Å². The smallest absolute Gasteiger partial charge is 0.261 e. The molecule has 0 unspecified atom stereocenters. The van der Waals surface area contributed by atoms with Gasteiger partial charge >= 0.3 is 10.2 Å². The van der Waals surface area contributed by atoms with Crippen molar-refractivity contribution in [3.63, 3.8) is 0 Å². The lowest BCUT2D eigenvalue weighted by Gasteiger charge is -2.40. The molecular formula is C8H5ClF5NS. The number of alkyl halides is 1. The lowest BCUT2D eigenvalue weighted by Crippen LogP contribution is -2.23. The Morgan fingerprint density at radius 1 is 1.12 bits per heavy atom. The van der Waals surface area contributed by atoms with Crippen molar-refractivity contribution in [1.29, 1.82) is 0 Å². The first-order valence-electron chi connectivity index (χ1n) is 4.04. The second-order valence-corrected chi connectivity index (χ2v) is 6.21. The number of hydrogen-bond donors (Lipinski definition) is 0. The summed E-state index contributed by atoms with van der Waals surface area (Å²) in [5, 5.41) is 0.163. The Bertz CT molecular complexity index is 579. The van der Waals surface area contributed by atoms with E-state index in [-0.39, 0.29) is 5.36 Å². The molecule has 1 aliphatic heterocycles. The molecule has 0 bridgehead atoms. The summed E-state index contributed by atoms with van der Waals surface area (Å²) >= 11 is 5.53. The highest BCUT2D eigenvalue weighted by Gasteiger charge is 2.65. The maximum Gasteiger partial charge on any atom is 0.310 e. The predicted molar refractivity (Wildman–Crippen MR) is 52.7 cm³/mol. The molecule has 0 spiro atoms. The highest BCUT2D eigenvalue weighted by atomic mass is 35.5. The van der Waals surface area contributed by atoms with E-state index >= 15 is 0 Å². The Kier molecular flexibility index (Phi) is 1.85. The molecule has 1 nitrogen and oxygen atoms in total. The Balaban J connectivity index is 2.73. The molecule has 16 heavy (non-hydrogen) atoms. The summed E-state index contributed by atoms with van der Waals surface area (Å²) < 4.78 is 62.1. The number of rotatable bonds is 1. The van der Waals surface area contributed by atoms with Gasteiger partial charge in [-0.25, -0.2) is 0 Å². The molecule has 0 saturated heterocycles. The van der Waals surface area contributed by atoms with Crippen LogP contribution in [0.5, 0.6) is 0 Å². The quantitative estimate of drug-likeness (QED) is 0.424. The van der Waals surface area contributed by atoms with Crippen LogP contribution in [0.4, 0.5) is 19.4 Å². The summed E-state index contributed by atoms with van der Waals surface area (Å²) in [5.74, 6) is 0. The molecule has 1 heterocycles. The largest absolute Gasteiger partial charge is 0.310 e. The van der Waals surface area contributed by atoms with Crippen LogP contribution >= 0.6 is 21.8 Å². The third-order valence-corrected chi connectivity index (χ3v) is 3.40. The first-order valence-corrected chi connectivity index (χ1v) is 6.42. The SMILES string of the molecule is FS(F)(F)(F)(F)c1ccc2c(c1)=N[C@@H](Cl)C=2. The first kappa shape index (κ1) is 11.7. The van der Waals surface area contributed by atoms with E-state index in [9.17, 15) is 19.4 Å². The van der Waals surface area contributed by atoms with E-state index in [0.29, 0.717) is 17.4 Å². The van der Waals surface area contributed by atoms with Gasteiger partial charge in [-0.05, 0) is 23.4 Å². The van der Waals surface area contributed by atoms with Crippen molar-refractivity contribution in [2.24, 2.45) is 4.99 Å². The van der Waals surface area contributed by atoms with Crippen molar-refractivity contribution >= 4 is 27.9 Å². The van der Waals surface area contributed by atoms with Gasteiger partial charge in [-0.15, -0.1) is 0 Å². The molecule has 0 amide bonds. The minimum atomic E-state index is -9.62. The van der Waals surface area contributed by atoms with Gasteiger partial charge in [0.15, 0.2) is 0 Å². The lowest BCUT2D eigenvalue weighted by atomic mass is 10.3. The van der Waals surface area contributed by atoms with Crippen molar-refractivity contribution in [1.82, 2.24) is 0 Å². The van der Waals surface area contributed by atoms with Crippen molar-refractivity contribution < 1.29 is 19.4 Å². The average molecular weight is 278 g/mol. The molecule has 1 aliphatic rings. The summed E-state index contributed by atoms with van der Waals surface area (Å²) in [5.41, 5.74) is -0.802. The van der Waals surface area contributed by atoms with E-state index < -0.39 is 20.6 Å². The van der Waals surface area contributed by atoms with Crippen LogP contribution in [0.2, 0.25) is 0 Å². The minimum absolute atomic E-state index is 0.161. The van der Waals surface area contributed by atoms with E-state index in [4.69, 9.17) is 11.6 Å². The molecule has 0 radical (unpaired) electrons. The zero-order valence-electron chi connectivity index (χ0n) is 7.51. The predicted octanol–water partition coefficient (Wildman–Crippen LogP) is 3.32. The van der Waals surface area contributed by atoms with Gasteiger partial charge in [-0.2, -0.15) is 0 Å². The van der Waals surface area contributed by atoms with Gasteiger partial charge in [-0.3, -0.25) is 4.99 Å². The molecule has 0 aliphatic carbocycles. The maximum absolute atomic E-state index is 12.4. The molecule has 0 aromatic heterocycles. The van der Waals surface area contributed by atoms with Crippen molar-refractivity contribution in [2.45, 2.75) is 10.4 Å². The number of halogens is 6. The second kappa shape index (κ2) is 2.53. The number of hydrogen-bond acceptors (Lipinski definition) is 1. The van der Waals surface area contributed by atoms with Gasteiger partial charge in [0, 0.05) is 0 Å². The number of benzene rings is 1. The third kappa shape index (κ3) is 2.15. The summed E-state index contributed by atoms with van der Waals surface area (Å²) in [6, 6.07) is 1.62. The molecule has 1 aromatic carbocycles. The molecular weight excluding hydrogens is 273 g/mol. The fourth-order valence-electron chi connectivity index (χ4n) is 1.33. The summed E-state index contributed by atoms with van der Waals surface area (Å²) in [6.07, 6.45) is 1.38. The normalized spacial score (nSPS) is 23.8. The monoisotopic (exact) mass is 277 g/mol. The third-order valence-electron chi connectivity index (χ3n) is 2.03. The van der Waals surface area contributed by atoms with E-state index in [1.807, 2.05) is 0 Å². The van der Waals surface area contributed by atoms with Crippen LogP contribution in [0.3, 0.4) is 0 Å². The Hall–Kier alpha value is -0.820. The molecule has 0 saturated carbocycles. The molecule has 2 rings (SSSR count). The van der Waals surface area contributed by atoms with Gasteiger partial charge < -0.3 is 0 Å². The van der Waals surface area contributed by atoms with Crippen LogP contribution in [0.25, 0.3) is 6.08 Å². The van der Waals surface area contributed by atoms with Crippen LogP contribution in [0.1, 0.15) is 0 Å². The van der Waals surface area contributed by atoms with Crippen LogP contribution in [-0.4, -0.2) is 5.50 Å². The second-order valence-electron chi connectivity index (χ2n) is 3.36. The standard InChI is InChI=1S/C8H5ClF5NS/c9-8-3-5-1-2-6(4-7(5)15-8)16(10,11,12,13)14/h1-4,8H/t8-/m1/s1. The highest BCUT2D eigenvalue weighted by molar-refractivity contribution is 8.45. The van der Waals surface area contributed by atoms with Crippen molar-refractivity contribution in [2.75, 3.05) is 0 Å². The summed E-state index contributed by atoms with van der Waals surface area (Å²) in [4.78, 5) is 1.64. The van der Waals surface area contributed by atoms with Gasteiger partial charge in [0.25, 0.3) is 0 Å². The van der Waals surface area contributed by atoms with Gasteiger partial charge in [0.1, 0.15) is 10.4 Å². The van der Waals surface area contributed by atoms with Crippen LogP contribution in [0, 0.1) is 0 Å². The number of nitrogens with zero attached hydrogens (tertiary/aromatic N) is 1. The van der Waals surface area contributed by atoms with Crippen molar-refractivity contribution in [3.8, 4) is 0 Å². The van der Waals surface area contributed by atoms with Crippen LogP contribution in [-0.2, 0) is 0 Å². The Morgan fingerprint density at radius 2 is 1.75 bits per heavy atom. The number of fused-ring (bicyclic) bond motifs is 1. The molecule has 1 aromatic rings. The molecule has 0 fully saturated rings. The lowest BCUT2D eigenvalue weighted by molar-refractivity contribution is 0.364. The Morgan fingerprint density at radius 3 is 2.31 bits per heavy atom. The zero-order chi connectivity index (χ0) is 12.3. The average Bonchev–Trinajstić information content (AvgIpc) is 2.38. The highest BCUT2D eigenvalue weighted by Crippen LogP contribution is 3.01. The van der Waals surface area contributed by atoms with Gasteiger partial charge in [0.2, 0.25) is 0 Å². The first-order chi connectivity index (χ1) is 6.95. The van der Waals surface area contributed by atoms with E-state index in [2.05, 4.69) is 4.99 Å². The molecule has 1 atom stereocenters. The van der Waals surface area contributed by atoms with E-state index in [1.165, 1.54) is 6.08 Å². The zero-order valence-corrected chi connectivity index (χ0v) is 9.08. The topological polar surface area (TPSA) is 12.4 Å². The fraction of sp³-hybridized carbons (Fsp3) is 0.125. The minimum Gasteiger partial charge on any atom is -0.261 e. The molecule has 8 heteroatoms. The summed E-state index contributed by atoms with van der Waals surface area (Å²) in [7, 11) is -9.62. The van der Waals surface area contributed by atoms with Crippen molar-refractivity contribution in [3.05, 3.63) is 28.8 Å². The molecule has 90 valence electrons. The van der Waals surface area contributed by atoms with Crippen LogP contribution < -0.4 is 10.6 Å². The van der Waals surface area contributed by atoms with E-state index in [1.54, 1.807) is 0 Å². The Labute approximate surface area is 92.0 Å². The summed E-state index contributed by atoms with van der Waals surface area (Å²) in [6.45, 7) is 0. The van der Waals surface area contributed by atoms with Crippen LogP contribution in [0.15, 0.2) is 28.1 Å². The maximum atomic E-state index is 12.4. The van der Waals surface area contributed by atoms with Gasteiger partial charge in [0.05, 0.1) is 5.36 Å². The fourth-order valence-corrected chi connectivity index (χ4v) is 2.23. The molecule has 0 N–H and O–H groups in total. The van der Waals surface area contributed by atoms with E-state index in [0.717, 1.165) is 6.07 Å².